The molecule has 6 rings (SSSR count). The first kappa shape index (κ1) is 33.3. The van der Waals surface area contributed by atoms with E-state index in [1.165, 1.54) is 4.90 Å². The number of piperazine rings is 1. The maximum Gasteiger partial charge on any atom is 0.334 e. The van der Waals surface area contributed by atoms with Crippen LogP contribution >= 0.6 is 0 Å². The average Bonchev–Trinajstić information content (AvgIpc) is 3.43. The Labute approximate surface area is 285 Å². The lowest BCUT2D eigenvalue weighted by molar-refractivity contribution is -0.189. The van der Waals surface area contributed by atoms with Crippen molar-refractivity contribution >= 4 is 34.7 Å². The van der Waals surface area contributed by atoms with Crippen LogP contribution in [0, 0.1) is 0 Å². The van der Waals surface area contributed by atoms with Crippen molar-refractivity contribution in [1.29, 1.82) is 0 Å². The third-order valence-corrected chi connectivity index (χ3v) is 9.11. The first-order valence-corrected chi connectivity index (χ1v) is 16.2. The van der Waals surface area contributed by atoms with E-state index in [0.29, 0.717) is 5.56 Å². The first-order chi connectivity index (χ1) is 23.6. The van der Waals surface area contributed by atoms with Gasteiger partial charge in [0.1, 0.15) is 18.0 Å². The second-order valence-corrected chi connectivity index (χ2v) is 12.7. The zero-order chi connectivity index (χ0) is 34.8. The summed E-state index contributed by atoms with van der Waals surface area (Å²) in [6.45, 7) is 4.53. The van der Waals surface area contributed by atoms with Gasteiger partial charge in [0.05, 0.1) is 24.2 Å². The Bertz CT molecular complexity index is 1890. The van der Waals surface area contributed by atoms with Crippen LogP contribution in [0.5, 0.6) is 5.75 Å². The topological polar surface area (TPSA) is 122 Å². The third-order valence-electron chi connectivity index (χ3n) is 9.11. The van der Waals surface area contributed by atoms with Gasteiger partial charge in [0.2, 0.25) is 11.8 Å². The van der Waals surface area contributed by atoms with Crippen LogP contribution in [-0.2, 0) is 36.1 Å². The molecule has 1 aromatic heterocycles. The minimum absolute atomic E-state index is 0.0628. The predicted molar refractivity (Wildman–Crippen MR) is 185 cm³/mol. The fourth-order valence-corrected chi connectivity index (χ4v) is 6.85. The number of benzene rings is 3. The number of carbonyl (C=O) groups is 4. The number of rotatable bonds is 9. The lowest BCUT2D eigenvalue weighted by Gasteiger charge is -2.55. The lowest BCUT2D eigenvalue weighted by atomic mass is 9.98. The quantitative estimate of drug-likeness (QED) is 0.265. The Kier molecular flexibility index (Phi) is 9.41. The van der Waals surface area contributed by atoms with E-state index in [4.69, 9.17) is 0 Å². The highest BCUT2D eigenvalue weighted by molar-refractivity contribution is 6.07. The summed E-state index contributed by atoms with van der Waals surface area (Å²) in [4.78, 5) is 60.2. The molecule has 3 aromatic carbocycles. The van der Waals surface area contributed by atoms with Crippen LogP contribution < -0.4 is 5.32 Å². The molecule has 2 atom stereocenters. The molecule has 3 heterocycles. The number of urea groups is 1. The Balaban J connectivity index is 1.39. The monoisotopic (exact) mass is 663 g/mol. The summed E-state index contributed by atoms with van der Waals surface area (Å²) in [5, 5.41) is 16.9. The summed E-state index contributed by atoms with van der Waals surface area (Å²) in [7, 11) is 5.29. The van der Waals surface area contributed by atoms with Crippen LogP contribution in [0.25, 0.3) is 10.9 Å². The highest BCUT2D eigenvalue weighted by Crippen LogP contribution is 2.32. The maximum absolute atomic E-state index is 14.5. The Morgan fingerprint density at radius 1 is 1.00 bits per heavy atom. The standard InChI is InChI=1S/C37H41N7O5/c1-5-18-42-24-33(46)43-31(19-25-14-16-28(45)17-15-25)36(48)41(23-32(43)44(42)37(49)38-20-26-10-7-6-8-11-26)21-27-12-9-13-29-30(35(47)39(2)3)22-40(4)34(27)29/h5-17,22,31-32,45H,1,18-21,23-24H2,2-4H3,(H,38,49)/t31-,32-/m0/s1. The minimum Gasteiger partial charge on any atom is -0.508 e. The predicted octanol–water partition coefficient (Wildman–Crippen LogP) is 3.32. The molecule has 5 amide bonds. The molecule has 2 fully saturated rings. The molecule has 0 bridgehead atoms. The van der Waals surface area contributed by atoms with E-state index in [0.717, 1.165) is 27.6 Å². The molecule has 49 heavy (non-hydrogen) atoms. The molecule has 254 valence electrons. The SMILES string of the molecule is C=CCN1CC(=O)N2[C@@H](Cc3ccc(O)cc3)C(=O)N(Cc3cccc4c(C(=O)N(C)C)cn(C)c34)C[C@@H]2N1C(=O)NCc1ccccc1. The van der Waals surface area contributed by atoms with Crippen LogP contribution in [-0.4, -0.2) is 104 Å². The zero-order valence-corrected chi connectivity index (χ0v) is 28.0. The minimum atomic E-state index is -0.912. The van der Waals surface area contributed by atoms with Gasteiger partial charge in [-0.1, -0.05) is 66.7 Å². The number of aromatic hydroxyl groups is 1. The van der Waals surface area contributed by atoms with Gasteiger partial charge in [-0.25, -0.2) is 14.8 Å². The van der Waals surface area contributed by atoms with Crippen molar-refractivity contribution in [2.45, 2.75) is 31.7 Å². The van der Waals surface area contributed by atoms with E-state index >= 15 is 0 Å². The summed E-state index contributed by atoms with van der Waals surface area (Å²) >= 11 is 0. The van der Waals surface area contributed by atoms with E-state index in [2.05, 4.69) is 11.9 Å². The summed E-state index contributed by atoms with van der Waals surface area (Å²) in [5.74, 6) is -0.555. The van der Waals surface area contributed by atoms with E-state index < -0.39 is 18.2 Å². The van der Waals surface area contributed by atoms with Crippen LogP contribution in [0.3, 0.4) is 0 Å². The van der Waals surface area contributed by atoms with Gasteiger partial charge in [-0.15, -0.1) is 6.58 Å². The number of aryl methyl sites for hydroxylation is 1. The second-order valence-electron chi connectivity index (χ2n) is 12.7. The Morgan fingerprint density at radius 3 is 2.43 bits per heavy atom. The largest absolute Gasteiger partial charge is 0.508 e. The van der Waals surface area contributed by atoms with Gasteiger partial charge >= 0.3 is 6.03 Å². The van der Waals surface area contributed by atoms with Crippen molar-refractivity contribution in [3.63, 3.8) is 0 Å². The second kappa shape index (κ2) is 13.9. The van der Waals surface area contributed by atoms with Gasteiger partial charge in [-0.05, 0) is 28.8 Å². The van der Waals surface area contributed by atoms with Gasteiger partial charge in [0.25, 0.3) is 5.91 Å². The molecule has 0 saturated carbocycles. The van der Waals surface area contributed by atoms with E-state index in [9.17, 15) is 24.3 Å². The van der Waals surface area contributed by atoms with Gasteiger partial charge in [-0.3, -0.25) is 14.4 Å². The molecule has 2 aliphatic rings. The highest BCUT2D eigenvalue weighted by atomic mass is 16.3. The molecule has 12 heteroatoms. The maximum atomic E-state index is 14.5. The van der Waals surface area contributed by atoms with Gasteiger partial charge in [-0.2, -0.15) is 0 Å². The van der Waals surface area contributed by atoms with Crippen LogP contribution in [0.2, 0.25) is 0 Å². The number of amides is 5. The average molecular weight is 664 g/mol. The number of hydrogen-bond acceptors (Lipinski definition) is 6. The van der Waals surface area contributed by atoms with Crippen LogP contribution in [0.4, 0.5) is 4.79 Å². The number of para-hydroxylation sites is 1. The van der Waals surface area contributed by atoms with Crippen molar-refractivity contribution in [2.24, 2.45) is 7.05 Å². The van der Waals surface area contributed by atoms with Crippen molar-refractivity contribution in [3.05, 3.63) is 114 Å². The van der Waals surface area contributed by atoms with Crippen LogP contribution in [0.15, 0.2) is 91.6 Å². The number of hydrazine groups is 1. The number of nitrogens with one attached hydrogen (secondary N) is 1. The molecule has 0 spiro atoms. The van der Waals surface area contributed by atoms with Crippen molar-refractivity contribution < 1.29 is 24.3 Å². The number of aromatic nitrogens is 1. The molecular weight excluding hydrogens is 622 g/mol. The van der Waals surface area contributed by atoms with Crippen molar-refractivity contribution in [3.8, 4) is 5.75 Å². The Hall–Kier alpha value is -5.62. The van der Waals surface area contributed by atoms with E-state index in [1.54, 1.807) is 70.5 Å². The molecule has 2 saturated heterocycles. The fraction of sp³-hybridized carbons (Fsp3) is 0.297. The molecule has 0 radical (unpaired) electrons. The molecular formula is C37H41N7O5. The summed E-state index contributed by atoms with van der Waals surface area (Å²) in [6, 6.07) is 20.5. The summed E-state index contributed by atoms with van der Waals surface area (Å²) in [6.07, 6.45) is 2.82. The van der Waals surface area contributed by atoms with E-state index in [1.807, 2.05) is 60.1 Å². The van der Waals surface area contributed by atoms with Gasteiger partial charge < -0.3 is 29.7 Å². The van der Waals surface area contributed by atoms with E-state index in [-0.39, 0.29) is 62.6 Å². The normalized spacial score (nSPS) is 18.1. The van der Waals surface area contributed by atoms with Crippen molar-refractivity contribution in [1.82, 2.24) is 34.6 Å². The van der Waals surface area contributed by atoms with Gasteiger partial charge in [0, 0.05) is 58.8 Å². The zero-order valence-electron chi connectivity index (χ0n) is 28.0. The lowest BCUT2D eigenvalue weighted by Crippen LogP contribution is -2.76. The molecule has 2 N–H and O–H groups in total. The highest BCUT2D eigenvalue weighted by Gasteiger charge is 2.51. The number of hydrogen-bond donors (Lipinski definition) is 2. The number of phenolic OH excluding ortho intramolecular Hbond substituents is 1. The third kappa shape index (κ3) is 6.59. The Morgan fingerprint density at radius 2 is 1.73 bits per heavy atom. The summed E-state index contributed by atoms with van der Waals surface area (Å²) < 4.78 is 1.90. The fourth-order valence-electron chi connectivity index (χ4n) is 6.85. The molecule has 2 aliphatic heterocycles. The number of carbonyl (C=O) groups excluding carboxylic acids is 4. The van der Waals surface area contributed by atoms with Gasteiger partial charge in [0.15, 0.2) is 0 Å². The first-order valence-electron chi connectivity index (χ1n) is 16.2. The molecule has 12 nitrogen and oxygen atoms in total. The molecule has 0 unspecified atom stereocenters. The van der Waals surface area contributed by atoms with Crippen molar-refractivity contribution in [2.75, 3.05) is 33.7 Å². The molecule has 0 aliphatic carbocycles. The molecule has 4 aromatic rings. The summed E-state index contributed by atoms with van der Waals surface area (Å²) in [5.41, 5.74) is 3.89. The number of phenols is 1. The number of nitrogens with zero attached hydrogens (tertiary/aromatic N) is 6. The smallest absolute Gasteiger partial charge is 0.334 e. The number of fused-ring (bicyclic) bond motifs is 2. The van der Waals surface area contributed by atoms with Crippen LogP contribution in [0.1, 0.15) is 27.0 Å².